The van der Waals surface area contributed by atoms with Crippen molar-refractivity contribution in [3.8, 4) is 5.75 Å². The summed E-state index contributed by atoms with van der Waals surface area (Å²) in [7, 11) is 0. The van der Waals surface area contributed by atoms with Crippen molar-refractivity contribution in [1.29, 1.82) is 0 Å². The summed E-state index contributed by atoms with van der Waals surface area (Å²) in [6.45, 7) is 4.42. The third-order valence-corrected chi connectivity index (χ3v) is 5.36. The Hall–Kier alpha value is -3.61. The number of fused-ring (bicyclic) bond motifs is 1. The van der Waals surface area contributed by atoms with Gasteiger partial charge >= 0.3 is 0 Å². The second-order valence-electron chi connectivity index (χ2n) is 7.15. The van der Waals surface area contributed by atoms with Crippen LogP contribution in [-0.2, 0) is 0 Å². The average Bonchev–Trinajstić information content (AvgIpc) is 2.78. The van der Waals surface area contributed by atoms with E-state index < -0.39 is 0 Å². The van der Waals surface area contributed by atoms with E-state index in [0.29, 0.717) is 49.8 Å². The molecule has 7 nitrogen and oxygen atoms in total. The Kier molecular flexibility index (Phi) is 5.52. The van der Waals surface area contributed by atoms with Gasteiger partial charge in [0.05, 0.1) is 17.1 Å². The molecule has 0 unspecified atom stereocenters. The highest BCUT2D eigenvalue weighted by atomic mass is 16.6. The fourth-order valence-electron chi connectivity index (χ4n) is 3.87. The first kappa shape index (κ1) is 19.7. The summed E-state index contributed by atoms with van der Waals surface area (Å²) in [6.07, 6.45) is 0. The number of hydrogen-bond acceptors (Lipinski definition) is 5. The predicted octanol–water partition coefficient (Wildman–Crippen LogP) is 4.11. The summed E-state index contributed by atoms with van der Waals surface area (Å²) in [4.78, 5) is 28.0. The molecule has 1 saturated heterocycles. The number of nitro benzene ring substituents is 1. The highest BCUT2D eigenvalue weighted by Crippen LogP contribution is 2.30. The lowest BCUT2D eigenvalue weighted by Crippen LogP contribution is -2.49. The summed E-state index contributed by atoms with van der Waals surface area (Å²) in [6, 6.07) is 18.4. The fourth-order valence-corrected chi connectivity index (χ4v) is 3.87. The molecule has 154 valence electrons. The minimum Gasteiger partial charge on any atom is -0.493 e. The molecule has 3 aromatic carbocycles. The molecule has 4 rings (SSSR count). The van der Waals surface area contributed by atoms with Gasteiger partial charge < -0.3 is 14.5 Å². The Morgan fingerprint density at radius 3 is 2.30 bits per heavy atom. The standard InChI is InChI=1S/C23H23N3O4/c1-2-30-22-16-18-8-4-3-7-17(18)15-19(22)23(27)25-13-11-24(12-14-25)20-9-5-6-10-21(20)26(28)29/h3-10,15-16H,2,11-14H2,1H3. The molecule has 30 heavy (non-hydrogen) atoms. The summed E-state index contributed by atoms with van der Waals surface area (Å²) >= 11 is 0. The van der Waals surface area contributed by atoms with Gasteiger partial charge in [0.2, 0.25) is 0 Å². The highest BCUT2D eigenvalue weighted by molar-refractivity contribution is 6.01. The van der Waals surface area contributed by atoms with E-state index in [1.165, 1.54) is 6.07 Å². The van der Waals surface area contributed by atoms with Crippen LogP contribution in [0.2, 0.25) is 0 Å². The van der Waals surface area contributed by atoms with Crippen LogP contribution in [0.5, 0.6) is 5.75 Å². The van der Waals surface area contributed by atoms with Crippen molar-refractivity contribution < 1.29 is 14.5 Å². The molecule has 7 heteroatoms. The number of hydrogen-bond donors (Lipinski definition) is 0. The maximum absolute atomic E-state index is 13.3. The number of para-hydroxylation sites is 2. The number of piperazine rings is 1. The number of amides is 1. The van der Waals surface area contributed by atoms with Crippen molar-refractivity contribution in [2.45, 2.75) is 6.92 Å². The average molecular weight is 405 g/mol. The number of anilines is 1. The van der Waals surface area contributed by atoms with Crippen LogP contribution in [0.3, 0.4) is 0 Å². The smallest absolute Gasteiger partial charge is 0.292 e. The molecule has 0 radical (unpaired) electrons. The monoisotopic (exact) mass is 405 g/mol. The molecule has 3 aromatic rings. The van der Waals surface area contributed by atoms with E-state index in [1.54, 1.807) is 23.1 Å². The molecule has 0 aromatic heterocycles. The van der Waals surface area contributed by atoms with Gasteiger partial charge in [0.25, 0.3) is 11.6 Å². The summed E-state index contributed by atoms with van der Waals surface area (Å²) in [5, 5.41) is 13.3. The van der Waals surface area contributed by atoms with Crippen LogP contribution in [0, 0.1) is 10.1 Å². The number of ether oxygens (including phenoxy) is 1. The lowest BCUT2D eigenvalue weighted by Gasteiger charge is -2.36. The zero-order chi connectivity index (χ0) is 21.1. The minimum atomic E-state index is -0.365. The number of carbonyl (C=O) groups is 1. The van der Waals surface area contributed by atoms with Crippen molar-refractivity contribution in [3.63, 3.8) is 0 Å². The van der Waals surface area contributed by atoms with Crippen LogP contribution < -0.4 is 9.64 Å². The van der Waals surface area contributed by atoms with E-state index in [-0.39, 0.29) is 16.5 Å². The molecule has 0 bridgehead atoms. The minimum absolute atomic E-state index is 0.0774. The Morgan fingerprint density at radius 1 is 1.00 bits per heavy atom. The second kappa shape index (κ2) is 8.41. The Bertz CT molecular complexity index is 1090. The van der Waals surface area contributed by atoms with Gasteiger partial charge in [0, 0.05) is 32.2 Å². The van der Waals surface area contributed by atoms with Crippen LogP contribution >= 0.6 is 0 Å². The molecule has 1 aliphatic heterocycles. The van der Waals surface area contributed by atoms with E-state index in [4.69, 9.17) is 4.74 Å². The van der Waals surface area contributed by atoms with Gasteiger partial charge in [-0.2, -0.15) is 0 Å². The van der Waals surface area contributed by atoms with Crippen LogP contribution in [0.1, 0.15) is 17.3 Å². The van der Waals surface area contributed by atoms with Gasteiger partial charge in [-0.1, -0.05) is 36.4 Å². The zero-order valence-corrected chi connectivity index (χ0v) is 16.8. The van der Waals surface area contributed by atoms with Crippen molar-refractivity contribution in [2.24, 2.45) is 0 Å². The highest BCUT2D eigenvalue weighted by Gasteiger charge is 2.27. The zero-order valence-electron chi connectivity index (χ0n) is 16.8. The number of nitrogens with zero attached hydrogens (tertiary/aromatic N) is 3. The SMILES string of the molecule is CCOc1cc2ccccc2cc1C(=O)N1CCN(c2ccccc2[N+](=O)[O-])CC1. The van der Waals surface area contributed by atoms with Gasteiger partial charge in [-0.15, -0.1) is 0 Å². The van der Waals surface area contributed by atoms with Crippen LogP contribution in [-0.4, -0.2) is 48.5 Å². The summed E-state index contributed by atoms with van der Waals surface area (Å²) < 4.78 is 5.76. The van der Waals surface area contributed by atoms with Crippen LogP contribution in [0.25, 0.3) is 10.8 Å². The predicted molar refractivity (Wildman–Crippen MR) is 116 cm³/mol. The van der Waals surface area contributed by atoms with Crippen molar-refractivity contribution >= 4 is 28.1 Å². The lowest BCUT2D eigenvalue weighted by atomic mass is 10.0. The number of benzene rings is 3. The normalized spacial score (nSPS) is 14.0. The van der Waals surface area contributed by atoms with E-state index in [1.807, 2.05) is 48.2 Å². The van der Waals surface area contributed by atoms with E-state index >= 15 is 0 Å². The van der Waals surface area contributed by atoms with Gasteiger partial charge in [0.15, 0.2) is 0 Å². The maximum Gasteiger partial charge on any atom is 0.292 e. The molecule has 0 aliphatic carbocycles. The summed E-state index contributed by atoms with van der Waals surface area (Å²) in [5.74, 6) is 0.508. The Balaban J connectivity index is 1.55. The third-order valence-electron chi connectivity index (χ3n) is 5.36. The number of nitro groups is 1. The summed E-state index contributed by atoms with van der Waals surface area (Å²) in [5.41, 5.74) is 1.23. The largest absolute Gasteiger partial charge is 0.493 e. The molecule has 0 spiro atoms. The van der Waals surface area contributed by atoms with Gasteiger partial charge in [-0.25, -0.2) is 0 Å². The van der Waals surface area contributed by atoms with E-state index in [9.17, 15) is 14.9 Å². The van der Waals surface area contributed by atoms with Crippen molar-refractivity contribution in [2.75, 3.05) is 37.7 Å². The molecule has 0 N–H and O–H groups in total. The lowest BCUT2D eigenvalue weighted by molar-refractivity contribution is -0.384. The Labute approximate surface area is 174 Å². The second-order valence-corrected chi connectivity index (χ2v) is 7.15. The Morgan fingerprint density at radius 2 is 1.63 bits per heavy atom. The van der Waals surface area contributed by atoms with Crippen LogP contribution in [0.15, 0.2) is 60.7 Å². The van der Waals surface area contributed by atoms with Gasteiger partial charge in [-0.3, -0.25) is 14.9 Å². The molecule has 0 saturated carbocycles. The molecule has 1 heterocycles. The maximum atomic E-state index is 13.3. The number of rotatable bonds is 5. The topological polar surface area (TPSA) is 75.9 Å². The fraction of sp³-hybridized carbons (Fsp3) is 0.261. The van der Waals surface area contributed by atoms with Gasteiger partial charge in [-0.05, 0) is 35.9 Å². The van der Waals surface area contributed by atoms with E-state index in [0.717, 1.165) is 10.8 Å². The molecule has 1 amide bonds. The van der Waals surface area contributed by atoms with Gasteiger partial charge in [0.1, 0.15) is 11.4 Å². The molecular weight excluding hydrogens is 382 g/mol. The van der Waals surface area contributed by atoms with Crippen LogP contribution in [0.4, 0.5) is 11.4 Å². The van der Waals surface area contributed by atoms with Crippen molar-refractivity contribution in [1.82, 2.24) is 4.90 Å². The van der Waals surface area contributed by atoms with Crippen molar-refractivity contribution in [3.05, 3.63) is 76.3 Å². The quantitative estimate of drug-likeness (QED) is 0.472. The molecular formula is C23H23N3O4. The molecule has 0 atom stereocenters. The third kappa shape index (κ3) is 3.78. The first-order chi connectivity index (χ1) is 14.6. The first-order valence-electron chi connectivity index (χ1n) is 10.0. The van der Waals surface area contributed by atoms with E-state index in [2.05, 4.69) is 0 Å². The first-order valence-corrected chi connectivity index (χ1v) is 10.0. The molecule has 1 aliphatic rings. The molecule has 1 fully saturated rings. The number of carbonyl (C=O) groups excluding carboxylic acids is 1.